The topological polar surface area (TPSA) is 68.1 Å². The van der Waals surface area contributed by atoms with Gasteiger partial charge in [-0.25, -0.2) is 4.39 Å². The number of aromatic nitrogens is 1. The van der Waals surface area contributed by atoms with Gasteiger partial charge >= 0.3 is 5.97 Å². The number of hydrogen-bond acceptors (Lipinski definition) is 3. The molecule has 0 saturated heterocycles. The van der Waals surface area contributed by atoms with E-state index in [1.54, 1.807) is 12.3 Å². The molecule has 6 heteroatoms. The molecule has 0 fully saturated rings. The summed E-state index contributed by atoms with van der Waals surface area (Å²) in [6, 6.07) is 3.75. The average molecular weight is 273 g/mol. The lowest BCUT2D eigenvalue weighted by atomic mass is 10.1. The first-order valence-corrected chi connectivity index (χ1v) is 5.20. The molecule has 98 valence electrons. The number of carbonyl (C=O) groups is 1. The van der Waals surface area contributed by atoms with Gasteiger partial charge in [-0.2, -0.15) is 0 Å². The first-order valence-electron chi connectivity index (χ1n) is 5.20. The van der Waals surface area contributed by atoms with E-state index in [2.05, 4.69) is 9.72 Å². The number of rotatable bonds is 3. The Balaban J connectivity index is 0.00000162. The highest BCUT2D eigenvalue weighted by molar-refractivity contribution is 5.85. The standard InChI is InChI=1S/C12H13FN2O2.ClH/c1-17-12(16)10(14)4-7-6-15-11-5-8(13)2-3-9(7)11;/h2-3,5-6,10,15H,4,14H2,1H3;1H. The summed E-state index contributed by atoms with van der Waals surface area (Å²) >= 11 is 0. The van der Waals surface area contributed by atoms with Crippen molar-refractivity contribution < 1.29 is 13.9 Å². The molecular weight excluding hydrogens is 259 g/mol. The van der Waals surface area contributed by atoms with Crippen molar-refractivity contribution in [2.24, 2.45) is 5.73 Å². The summed E-state index contributed by atoms with van der Waals surface area (Å²) in [5.74, 6) is -0.760. The van der Waals surface area contributed by atoms with Crippen LogP contribution in [0.25, 0.3) is 10.9 Å². The summed E-state index contributed by atoms with van der Waals surface area (Å²) < 4.78 is 17.5. The van der Waals surface area contributed by atoms with Crippen LogP contribution < -0.4 is 5.73 Å². The van der Waals surface area contributed by atoms with Crippen molar-refractivity contribution in [2.45, 2.75) is 12.5 Å². The molecule has 1 unspecified atom stereocenters. The van der Waals surface area contributed by atoms with Gasteiger partial charge in [-0.3, -0.25) is 4.79 Å². The number of H-pyrrole nitrogens is 1. The lowest BCUT2D eigenvalue weighted by Crippen LogP contribution is -2.33. The van der Waals surface area contributed by atoms with Crippen molar-refractivity contribution >= 4 is 29.3 Å². The Morgan fingerprint density at radius 1 is 1.56 bits per heavy atom. The second-order valence-corrected chi connectivity index (χ2v) is 3.84. The van der Waals surface area contributed by atoms with Gasteiger partial charge in [0, 0.05) is 23.5 Å². The van der Waals surface area contributed by atoms with Crippen LogP contribution in [-0.4, -0.2) is 24.1 Å². The molecule has 1 atom stereocenters. The Bertz CT molecular complexity index is 556. The van der Waals surface area contributed by atoms with Crippen molar-refractivity contribution in [1.29, 1.82) is 0 Å². The Kier molecular flexibility index (Phi) is 4.69. The number of carbonyl (C=O) groups excluding carboxylic acids is 1. The number of aromatic amines is 1. The number of nitrogens with two attached hydrogens (primary N) is 1. The van der Waals surface area contributed by atoms with E-state index in [0.717, 1.165) is 10.9 Å². The number of nitrogens with one attached hydrogen (secondary N) is 1. The number of hydrogen-bond donors (Lipinski definition) is 2. The first kappa shape index (κ1) is 14.5. The first-order chi connectivity index (χ1) is 8.11. The van der Waals surface area contributed by atoms with Gasteiger partial charge in [0.2, 0.25) is 0 Å². The van der Waals surface area contributed by atoms with Crippen LogP contribution in [0.3, 0.4) is 0 Å². The van der Waals surface area contributed by atoms with E-state index in [-0.39, 0.29) is 18.2 Å². The quantitative estimate of drug-likeness (QED) is 0.837. The largest absolute Gasteiger partial charge is 0.468 e. The lowest BCUT2D eigenvalue weighted by Gasteiger charge is -2.07. The molecule has 0 aliphatic rings. The van der Waals surface area contributed by atoms with E-state index in [4.69, 9.17) is 5.73 Å². The lowest BCUT2D eigenvalue weighted by molar-refractivity contribution is -0.142. The average Bonchev–Trinajstić information content (AvgIpc) is 2.70. The molecule has 0 bridgehead atoms. The highest BCUT2D eigenvalue weighted by atomic mass is 35.5. The summed E-state index contributed by atoms with van der Waals surface area (Å²) in [4.78, 5) is 14.2. The Morgan fingerprint density at radius 2 is 2.28 bits per heavy atom. The molecule has 0 aliphatic heterocycles. The van der Waals surface area contributed by atoms with Crippen molar-refractivity contribution in [3.63, 3.8) is 0 Å². The second-order valence-electron chi connectivity index (χ2n) is 3.84. The minimum absolute atomic E-state index is 0. The molecule has 0 spiro atoms. The molecular formula is C12H14ClFN2O2. The smallest absolute Gasteiger partial charge is 0.322 e. The molecule has 0 saturated carbocycles. The fourth-order valence-corrected chi connectivity index (χ4v) is 1.80. The zero-order valence-electron chi connectivity index (χ0n) is 9.77. The van der Waals surface area contributed by atoms with Crippen LogP contribution in [0, 0.1) is 5.82 Å². The Labute approximate surface area is 110 Å². The molecule has 1 heterocycles. The van der Waals surface area contributed by atoms with Gasteiger partial charge in [-0.15, -0.1) is 12.4 Å². The fourth-order valence-electron chi connectivity index (χ4n) is 1.80. The van der Waals surface area contributed by atoms with Crippen molar-refractivity contribution in [1.82, 2.24) is 4.98 Å². The van der Waals surface area contributed by atoms with Crippen LogP contribution in [0.15, 0.2) is 24.4 Å². The third-order valence-electron chi connectivity index (χ3n) is 2.67. The zero-order valence-corrected chi connectivity index (χ0v) is 10.6. The maximum absolute atomic E-state index is 13.0. The van der Waals surface area contributed by atoms with Gasteiger partial charge in [0.25, 0.3) is 0 Å². The number of methoxy groups -OCH3 is 1. The number of ether oxygens (including phenoxy) is 1. The molecule has 0 amide bonds. The van der Waals surface area contributed by atoms with Crippen LogP contribution in [-0.2, 0) is 16.0 Å². The normalized spacial score (nSPS) is 11.9. The third kappa shape index (κ3) is 2.80. The number of benzene rings is 1. The number of fused-ring (bicyclic) bond motifs is 1. The second kappa shape index (κ2) is 5.84. The Morgan fingerprint density at radius 3 is 2.94 bits per heavy atom. The molecule has 2 rings (SSSR count). The molecule has 1 aromatic carbocycles. The van der Waals surface area contributed by atoms with Gasteiger partial charge in [0.05, 0.1) is 7.11 Å². The third-order valence-corrected chi connectivity index (χ3v) is 2.67. The highest BCUT2D eigenvalue weighted by Gasteiger charge is 2.16. The monoisotopic (exact) mass is 272 g/mol. The minimum atomic E-state index is -0.705. The zero-order chi connectivity index (χ0) is 12.4. The van der Waals surface area contributed by atoms with E-state index in [1.807, 2.05) is 0 Å². The minimum Gasteiger partial charge on any atom is -0.468 e. The van der Waals surface area contributed by atoms with Crippen LogP contribution in [0.2, 0.25) is 0 Å². The van der Waals surface area contributed by atoms with Crippen molar-refractivity contribution in [3.05, 3.63) is 35.8 Å². The van der Waals surface area contributed by atoms with Crippen LogP contribution in [0.5, 0.6) is 0 Å². The molecule has 1 aromatic heterocycles. The van der Waals surface area contributed by atoms with Crippen molar-refractivity contribution in [3.8, 4) is 0 Å². The van der Waals surface area contributed by atoms with Gasteiger partial charge < -0.3 is 15.5 Å². The van der Waals surface area contributed by atoms with E-state index in [1.165, 1.54) is 19.2 Å². The van der Waals surface area contributed by atoms with E-state index >= 15 is 0 Å². The summed E-state index contributed by atoms with van der Waals surface area (Å²) in [5.41, 5.74) is 7.24. The number of esters is 1. The maximum atomic E-state index is 13.0. The summed E-state index contributed by atoms with van der Waals surface area (Å²) in [6.45, 7) is 0. The molecule has 18 heavy (non-hydrogen) atoms. The fraction of sp³-hybridized carbons (Fsp3) is 0.250. The van der Waals surface area contributed by atoms with Crippen LogP contribution in [0.1, 0.15) is 5.56 Å². The molecule has 2 aromatic rings. The van der Waals surface area contributed by atoms with Gasteiger partial charge in [-0.1, -0.05) is 0 Å². The van der Waals surface area contributed by atoms with Crippen molar-refractivity contribution in [2.75, 3.05) is 7.11 Å². The predicted molar refractivity (Wildman–Crippen MR) is 69.2 cm³/mol. The number of halogens is 2. The van der Waals surface area contributed by atoms with Gasteiger partial charge in [0.1, 0.15) is 11.9 Å². The van der Waals surface area contributed by atoms with Crippen LogP contribution >= 0.6 is 12.4 Å². The predicted octanol–water partition coefficient (Wildman–Crippen LogP) is 1.77. The Hall–Kier alpha value is -1.59. The van der Waals surface area contributed by atoms with E-state index in [9.17, 15) is 9.18 Å². The van der Waals surface area contributed by atoms with E-state index < -0.39 is 12.0 Å². The van der Waals surface area contributed by atoms with E-state index in [0.29, 0.717) is 11.9 Å². The maximum Gasteiger partial charge on any atom is 0.322 e. The molecule has 0 aliphatic carbocycles. The molecule has 4 nitrogen and oxygen atoms in total. The molecule has 3 N–H and O–H groups in total. The SMILES string of the molecule is COC(=O)C(N)Cc1c[nH]c2cc(F)ccc12.Cl. The van der Waals surface area contributed by atoms with Gasteiger partial charge in [-0.05, 0) is 23.8 Å². The molecule has 0 radical (unpaired) electrons. The summed E-state index contributed by atoms with van der Waals surface area (Å²) in [6.07, 6.45) is 2.09. The summed E-state index contributed by atoms with van der Waals surface area (Å²) in [5, 5.41) is 0.866. The highest BCUT2D eigenvalue weighted by Crippen LogP contribution is 2.20. The van der Waals surface area contributed by atoms with Gasteiger partial charge in [0.15, 0.2) is 0 Å². The van der Waals surface area contributed by atoms with Crippen LogP contribution in [0.4, 0.5) is 4.39 Å². The summed E-state index contributed by atoms with van der Waals surface area (Å²) in [7, 11) is 1.30.